The zero-order chi connectivity index (χ0) is 13.8. The van der Waals surface area contributed by atoms with Crippen LogP contribution in [0.1, 0.15) is 12.8 Å². The second-order valence-electron chi connectivity index (χ2n) is 4.11. The van der Waals surface area contributed by atoms with E-state index in [1.165, 1.54) is 18.8 Å². The number of nitrogen functional groups attached to an aromatic ring is 1. The number of anilines is 2. The van der Waals surface area contributed by atoms with Crippen molar-refractivity contribution in [1.82, 2.24) is 9.97 Å². The average Bonchev–Trinajstić information content (AvgIpc) is 2.89. The van der Waals surface area contributed by atoms with Crippen LogP contribution in [0.3, 0.4) is 0 Å². The van der Waals surface area contributed by atoms with Crippen LogP contribution in [-0.2, 0) is 4.74 Å². The van der Waals surface area contributed by atoms with Crippen molar-refractivity contribution in [2.45, 2.75) is 25.2 Å². The third kappa shape index (κ3) is 2.91. The van der Waals surface area contributed by atoms with E-state index in [1.54, 1.807) is 4.90 Å². The summed E-state index contributed by atoms with van der Waals surface area (Å²) >= 11 is 5.02. The lowest BCUT2D eigenvalue weighted by molar-refractivity contribution is 0.0162. The molecule has 0 aromatic carbocycles. The van der Waals surface area contributed by atoms with Gasteiger partial charge in [-0.15, -0.1) is 0 Å². The zero-order valence-corrected chi connectivity index (χ0v) is 11.3. The summed E-state index contributed by atoms with van der Waals surface area (Å²) in [5.41, 5.74) is 7.03. The molecule has 1 fully saturated rings. The Morgan fingerprint density at radius 1 is 1.68 bits per heavy atom. The Hall–Kier alpha value is -1.51. The molecule has 1 aliphatic rings. The average molecular weight is 284 g/mol. The smallest absolute Gasteiger partial charge is 0.222 e. The van der Waals surface area contributed by atoms with Crippen LogP contribution in [0.5, 0.6) is 5.75 Å². The van der Waals surface area contributed by atoms with Crippen LogP contribution in [0.4, 0.5) is 11.8 Å². The Morgan fingerprint density at radius 3 is 3.05 bits per heavy atom. The summed E-state index contributed by atoms with van der Waals surface area (Å²) in [5.74, 6) is 1.06. The fraction of sp³-hybridized carbons (Fsp3) is 0.545. The minimum atomic E-state index is -0.280. The van der Waals surface area contributed by atoms with Gasteiger partial charge in [-0.1, -0.05) is 12.2 Å². The molecule has 0 aliphatic carbocycles. The molecule has 8 heteroatoms. The summed E-state index contributed by atoms with van der Waals surface area (Å²) in [7, 11) is 1.52. The molecule has 19 heavy (non-hydrogen) atoms. The zero-order valence-electron chi connectivity index (χ0n) is 10.5. The quantitative estimate of drug-likeness (QED) is 0.747. The van der Waals surface area contributed by atoms with E-state index in [2.05, 4.69) is 9.97 Å². The van der Waals surface area contributed by atoms with Crippen molar-refractivity contribution in [2.24, 2.45) is 0 Å². The van der Waals surface area contributed by atoms with E-state index >= 15 is 0 Å². The summed E-state index contributed by atoms with van der Waals surface area (Å²) < 4.78 is 10.9. The third-order valence-electron chi connectivity index (χ3n) is 2.93. The van der Waals surface area contributed by atoms with Gasteiger partial charge in [0.25, 0.3) is 0 Å². The Bertz CT molecular complexity index is 460. The first-order chi connectivity index (χ1) is 9.19. The van der Waals surface area contributed by atoms with E-state index in [4.69, 9.17) is 32.5 Å². The molecule has 2 atom stereocenters. The molecule has 0 bridgehead atoms. The molecule has 1 aliphatic heterocycles. The van der Waals surface area contributed by atoms with Crippen molar-refractivity contribution < 1.29 is 14.6 Å². The van der Waals surface area contributed by atoms with Gasteiger partial charge in [-0.05, 0) is 12.8 Å². The van der Waals surface area contributed by atoms with Gasteiger partial charge in [-0.25, -0.2) is 4.98 Å². The lowest BCUT2D eigenvalue weighted by Crippen LogP contribution is -2.35. The highest BCUT2D eigenvalue weighted by molar-refractivity contribution is 7.79. The lowest BCUT2D eigenvalue weighted by Gasteiger charge is -2.26. The lowest BCUT2D eigenvalue weighted by atomic mass is 10.2. The van der Waals surface area contributed by atoms with Crippen molar-refractivity contribution in [3.05, 3.63) is 6.20 Å². The number of aliphatic hydroxyl groups excluding tert-OH is 1. The second-order valence-corrected chi connectivity index (χ2v) is 4.32. The molecule has 104 valence electrons. The molecule has 2 unspecified atom stereocenters. The van der Waals surface area contributed by atoms with Gasteiger partial charge in [0.15, 0.2) is 11.6 Å². The monoisotopic (exact) mass is 284 g/mol. The first kappa shape index (κ1) is 13.9. The number of methoxy groups -OCH3 is 1. The van der Waals surface area contributed by atoms with Crippen molar-refractivity contribution in [3.63, 3.8) is 0 Å². The number of rotatable bonds is 5. The van der Waals surface area contributed by atoms with Crippen LogP contribution in [0.2, 0.25) is 0 Å². The van der Waals surface area contributed by atoms with Gasteiger partial charge in [-0.2, -0.15) is 4.98 Å². The predicted octanol–water partition coefficient (Wildman–Crippen LogP) is 0.328. The first-order valence-electron chi connectivity index (χ1n) is 5.86. The van der Waals surface area contributed by atoms with Gasteiger partial charge in [-0.3, -0.25) is 4.90 Å². The molecule has 1 aromatic rings. The molecule has 0 saturated carbocycles. The Kier molecular flexibility index (Phi) is 4.46. The highest BCUT2D eigenvalue weighted by atomic mass is 32.1. The van der Waals surface area contributed by atoms with E-state index in [0.717, 1.165) is 12.8 Å². The largest absolute Gasteiger partial charge is 0.491 e. The number of thiocarbonyl (C=S) groups is 1. The number of ether oxygens (including phenoxy) is 2. The Balaban J connectivity index is 2.27. The number of hydrogen-bond acceptors (Lipinski definition) is 7. The molecule has 0 amide bonds. The van der Waals surface area contributed by atoms with Crippen LogP contribution >= 0.6 is 12.2 Å². The molecule has 2 rings (SSSR count). The van der Waals surface area contributed by atoms with Gasteiger partial charge < -0.3 is 20.3 Å². The SMILES string of the molecule is COc1cnc(N)nc1N(C=S)C1CCC(CO)O1. The predicted molar refractivity (Wildman–Crippen MR) is 74.1 cm³/mol. The molecule has 0 radical (unpaired) electrons. The summed E-state index contributed by atoms with van der Waals surface area (Å²) in [4.78, 5) is 9.68. The first-order valence-corrected chi connectivity index (χ1v) is 6.33. The van der Waals surface area contributed by atoms with E-state index in [9.17, 15) is 0 Å². The number of nitrogens with zero attached hydrogens (tertiary/aromatic N) is 3. The summed E-state index contributed by atoms with van der Waals surface area (Å²) in [5, 5.41) is 9.10. The number of nitrogens with two attached hydrogens (primary N) is 1. The molecular formula is C11H16N4O3S. The topological polar surface area (TPSA) is 93.7 Å². The van der Waals surface area contributed by atoms with Gasteiger partial charge in [0, 0.05) is 0 Å². The van der Waals surface area contributed by atoms with Crippen LogP contribution < -0.4 is 15.4 Å². The summed E-state index contributed by atoms with van der Waals surface area (Å²) in [6, 6.07) is 0. The van der Waals surface area contributed by atoms with Crippen molar-refractivity contribution >= 4 is 29.5 Å². The van der Waals surface area contributed by atoms with Gasteiger partial charge >= 0.3 is 0 Å². The van der Waals surface area contributed by atoms with Crippen molar-refractivity contribution in [3.8, 4) is 5.75 Å². The number of hydrogen-bond donors (Lipinski definition) is 2. The second kappa shape index (κ2) is 6.09. The van der Waals surface area contributed by atoms with Gasteiger partial charge in [0.05, 0.1) is 31.5 Å². The molecule has 1 aromatic heterocycles. The maximum absolute atomic E-state index is 9.10. The fourth-order valence-corrected chi connectivity index (χ4v) is 2.22. The third-order valence-corrected chi connectivity index (χ3v) is 3.16. The van der Waals surface area contributed by atoms with E-state index in [-0.39, 0.29) is 24.9 Å². The van der Waals surface area contributed by atoms with Gasteiger partial charge in [0.2, 0.25) is 5.95 Å². The van der Waals surface area contributed by atoms with Crippen LogP contribution in [-0.4, -0.2) is 46.6 Å². The Labute approximate surface area is 116 Å². The molecule has 3 N–H and O–H groups in total. The Morgan fingerprint density at radius 2 is 2.47 bits per heavy atom. The van der Waals surface area contributed by atoms with Crippen molar-refractivity contribution in [2.75, 3.05) is 24.4 Å². The molecule has 1 saturated heterocycles. The molecular weight excluding hydrogens is 268 g/mol. The standard InChI is InChI=1S/C11H16N4O3S/c1-17-8-4-13-11(12)14-10(8)15(6-19)9-3-2-7(5-16)18-9/h4,6-7,9,16H,2-3,5H2,1H3,(H2,12,13,14). The number of aromatic nitrogens is 2. The normalized spacial score (nSPS) is 22.2. The van der Waals surface area contributed by atoms with Crippen LogP contribution in [0.15, 0.2) is 6.20 Å². The number of aliphatic hydroxyl groups is 1. The highest BCUT2D eigenvalue weighted by Crippen LogP contribution is 2.31. The van der Waals surface area contributed by atoms with Crippen LogP contribution in [0, 0.1) is 0 Å². The summed E-state index contributed by atoms with van der Waals surface area (Å²) in [6.45, 7) is -0.00911. The maximum Gasteiger partial charge on any atom is 0.222 e. The summed E-state index contributed by atoms with van der Waals surface area (Å²) in [6.07, 6.45) is 2.54. The van der Waals surface area contributed by atoms with Crippen LogP contribution in [0.25, 0.3) is 0 Å². The fourth-order valence-electron chi connectivity index (χ4n) is 1.98. The minimum Gasteiger partial charge on any atom is -0.491 e. The van der Waals surface area contributed by atoms with Crippen molar-refractivity contribution in [1.29, 1.82) is 0 Å². The highest BCUT2D eigenvalue weighted by Gasteiger charge is 2.31. The van der Waals surface area contributed by atoms with E-state index in [0.29, 0.717) is 11.6 Å². The minimum absolute atomic E-state index is 0.00911. The van der Waals surface area contributed by atoms with E-state index in [1.807, 2.05) is 0 Å². The van der Waals surface area contributed by atoms with Gasteiger partial charge in [0.1, 0.15) is 6.23 Å². The molecule has 0 spiro atoms. The molecule has 2 heterocycles. The maximum atomic E-state index is 9.10. The molecule has 7 nitrogen and oxygen atoms in total. The van der Waals surface area contributed by atoms with E-state index < -0.39 is 0 Å².